The number of nitrogens with one attached hydrogen (secondary N) is 1. The first-order valence-corrected chi connectivity index (χ1v) is 8.51. The highest BCUT2D eigenvalue weighted by Crippen LogP contribution is 2.33. The molecule has 0 radical (unpaired) electrons. The lowest BCUT2D eigenvalue weighted by atomic mass is 9.93. The summed E-state index contributed by atoms with van der Waals surface area (Å²) in [6, 6.07) is -0.319. The molecule has 0 bridgehead atoms. The quantitative estimate of drug-likeness (QED) is 0.773. The van der Waals surface area contributed by atoms with Gasteiger partial charge in [-0.2, -0.15) is 9.40 Å². The summed E-state index contributed by atoms with van der Waals surface area (Å²) in [5.74, 6) is -0.302. The largest absolute Gasteiger partial charge is 0.381 e. The van der Waals surface area contributed by atoms with Crippen LogP contribution in [0.1, 0.15) is 19.8 Å². The van der Waals surface area contributed by atoms with Crippen molar-refractivity contribution in [1.82, 2.24) is 19.4 Å². The average molecular weight is 313 g/mol. The van der Waals surface area contributed by atoms with Crippen molar-refractivity contribution < 1.29 is 13.2 Å². The van der Waals surface area contributed by atoms with Gasteiger partial charge in [0.05, 0.1) is 12.0 Å². The third-order valence-corrected chi connectivity index (χ3v) is 6.16. The lowest BCUT2D eigenvalue weighted by Gasteiger charge is -2.34. The fourth-order valence-electron chi connectivity index (χ4n) is 3.12. The molecule has 2 aliphatic rings. The van der Waals surface area contributed by atoms with E-state index in [1.807, 2.05) is 6.92 Å². The molecule has 2 saturated heterocycles. The van der Waals surface area contributed by atoms with Crippen LogP contribution in [0.3, 0.4) is 0 Å². The Kier molecular flexibility index (Phi) is 3.40. The standard InChI is InChI=1S/C12H19N5O3S/c1-2-16-7-10(11(13)15-16)21(19,20)17-5-3-4-8-9(17)6-14-12(8)18/h7-9H,2-6H2,1H3,(H2,13,15)(H,14,18). The number of fused-ring (bicyclic) bond motifs is 1. The Morgan fingerprint density at radius 2 is 2.29 bits per heavy atom. The van der Waals surface area contributed by atoms with Gasteiger partial charge in [-0.05, 0) is 19.8 Å². The highest BCUT2D eigenvalue weighted by atomic mass is 32.2. The number of aromatic nitrogens is 2. The van der Waals surface area contributed by atoms with Gasteiger partial charge in [0.15, 0.2) is 5.82 Å². The van der Waals surface area contributed by atoms with Crippen LogP contribution in [0.2, 0.25) is 0 Å². The summed E-state index contributed by atoms with van der Waals surface area (Å²) in [4.78, 5) is 11.8. The number of sulfonamides is 1. The number of rotatable bonds is 3. The number of nitrogens with zero attached hydrogens (tertiary/aromatic N) is 3. The molecule has 2 fully saturated rings. The van der Waals surface area contributed by atoms with Crippen LogP contribution in [0.5, 0.6) is 0 Å². The van der Waals surface area contributed by atoms with E-state index in [1.54, 1.807) is 0 Å². The van der Waals surface area contributed by atoms with Gasteiger partial charge < -0.3 is 11.1 Å². The molecular formula is C12H19N5O3S. The Bertz CT molecular complexity index is 668. The third kappa shape index (κ3) is 2.20. The molecule has 2 atom stereocenters. The Morgan fingerprint density at radius 1 is 1.52 bits per heavy atom. The van der Waals surface area contributed by atoms with E-state index in [2.05, 4.69) is 10.4 Å². The molecule has 3 N–H and O–H groups in total. The van der Waals surface area contributed by atoms with Crippen molar-refractivity contribution >= 4 is 21.7 Å². The maximum Gasteiger partial charge on any atom is 0.248 e. The fourth-order valence-corrected chi connectivity index (χ4v) is 4.88. The molecule has 0 aromatic carbocycles. The number of anilines is 1. The number of piperidine rings is 1. The van der Waals surface area contributed by atoms with E-state index in [0.29, 0.717) is 26.1 Å². The summed E-state index contributed by atoms with van der Waals surface area (Å²) in [7, 11) is -3.73. The van der Waals surface area contributed by atoms with Crippen LogP contribution in [-0.2, 0) is 21.4 Å². The van der Waals surface area contributed by atoms with E-state index in [0.717, 1.165) is 6.42 Å². The molecule has 2 aliphatic heterocycles. The summed E-state index contributed by atoms with van der Waals surface area (Å²) in [5.41, 5.74) is 5.75. The van der Waals surface area contributed by atoms with Crippen molar-refractivity contribution in [2.45, 2.75) is 37.2 Å². The molecule has 2 unspecified atom stereocenters. The van der Waals surface area contributed by atoms with Crippen molar-refractivity contribution in [1.29, 1.82) is 0 Å². The molecule has 3 heterocycles. The molecule has 1 aromatic heterocycles. The molecule has 0 spiro atoms. The van der Waals surface area contributed by atoms with Gasteiger partial charge >= 0.3 is 0 Å². The van der Waals surface area contributed by atoms with E-state index in [4.69, 9.17) is 5.73 Å². The van der Waals surface area contributed by atoms with Crippen molar-refractivity contribution in [2.24, 2.45) is 5.92 Å². The second-order valence-corrected chi connectivity index (χ2v) is 7.27. The fraction of sp³-hybridized carbons (Fsp3) is 0.667. The minimum absolute atomic E-state index is 0.0104. The van der Waals surface area contributed by atoms with Crippen molar-refractivity contribution in [3.8, 4) is 0 Å². The Morgan fingerprint density at radius 3 is 2.95 bits per heavy atom. The topological polar surface area (TPSA) is 110 Å². The molecule has 9 heteroatoms. The van der Waals surface area contributed by atoms with Gasteiger partial charge in [-0.3, -0.25) is 9.48 Å². The second kappa shape index (κ2) is 4.99. The SMILES string of the molecule is CCn1cc(S(=O)(=O)N2CCCC3C(=O)NCC32)c(N)n1. The number of aryl methyl sites for hydroxylation is 1. The van der Waals surface area contributed by atoms with Gasteiger partial charge in [0.2, 0.25) is 15.9 Å². The molecule has 1 amide bonds. The van der Waals surface area contributed by atoms with Crippen LogP contribution in [0.4, 0.5) is 5.82 Å². The summed E-state index contributed by atoms with van der Waals surface area (Å²) in [6.45, 7) is 3.19. The van der Waals surface area contributed by atoms with Gasteiger partial charge in [-0.15, -0.1) is 0 Å². The first-order valence-electron chi connectivity index (χ1n) is 7.07. The third-order valence-electron chi connectivity index (χ3n) is 4.22. The van der Waals surface area contributed by atoms with Crippen LogP contribution < -0.4 is 11.1 Å². The lowest BCUT2D eigenvalue weighted by molar-refractivity contribution is -0.123. The molecular weight excluding hydrogens is 294 g/mol. The summed E-state index contributed by atoms with van der Waals surface area (Å²) < 4.78 is 28.6. The zero-order valence-corrected chi connectivity index (χ0v) is 12.6. The average Bonchev–Trinajstić information content (AvgIpc) is 3.02. The van der Waals surface area contributed by atoms with Gasteiger partial charge in [0.25, 0.3) is 0 Å². The predicted octanol–water partition coefficient (Wildman–Crippen LogP) is -0.616. The first-order chi connectivity index (χ1) is 9.95. The minimum Gasteiger partial charge on any atom is -0.381 e. The number of nitrogen functional groups attached to an aromatic ring is 1. The highest BCUT2D eigenvalue weighted by molar-refractivity contribution is 7.89. The van der Waals surface area contributed by atoms with Crippen LogP contribution >= 0.6 is 0 Å². The van der Waals surface area contributed by atoms with E-state index in [1.165, 1.54) is 15.2 Å². The molecule has 3 rings (SSSR count). The van der Waals surface area contributed by atoms with Crippen LogP contribution in [-0.4, -0.2) is 47.5 Å². The zero-order valence-electron chi connectivity index (χ0n) is 11.8. The van der Waals surface area contributed by atoms with E-state index in [-0.39, 0.29) is 28.6 Å². The van der Waals surface area contributed by atoms with Gasteiger partial charge in [0.1, 0.15) is 4.90 Å². The Hall–Kier alpha value is -1.61. The summed E-state index contributed by atoms with van der Waals surface area (Å²) in [6.07, 6.45) is 2.86. The van der Waals surface area contributed by atoms with Crippen molar-refractivity contribution in [3.63, 3.8) is 0 Å². The molecule has 0 aliphatic carbocycles. The van der Waals surface area contributed by atoms with Crippen LogP contribution in [0.25, 0.3) is 0 Å². The summed E-state index contributed by atoms with van der Waals surface area (Å²) in [5, 5.41) is 6.75. The number of hydrogen-bond donors (Lipinski definition) is 2. The number of carbonyl (C=O) groups is 1. The molecule has 8 nitrogen and oxygen atoms in total. The monoisotopic (exact) mass is 313 g/mol. The zero-order chi connectivity index (χ0) is 15.2. The van der Waals surface area contributed by atoms with Crippen LogP contribution in [0, 0.1) is 5.92 Å². The normalized spacial score (nSPS) is 26.6. The number of hydrogen-bond acceptors (Lipinski definition) is 5. The number of amides is 1. The summed E-state index contributed by atoms with van der Waals surface area (Å²) >= 11 is 0. The molecule has 1 aromatic rings. The van der Waals surface area contributed by atoms with Gasteiger partial charge in [0, 0.05) is 25.8 Å². The minimum atomic E-state index is -3.73. The maximum atomic E-state index is 12.8. The highest BCUT2D eigenvalue weighted by Gasteiger charge is 2.46. The molecule has 0 saturated carbocycles. The van der Waals surface area contributed by atoms with E-state index >= 15 is 0 Å². The first kappa shape index (κ1) is 14.3. The molecule has 21 heavy (non-hydrogen) atoms. The Labute approximate surface area is 123 Å². The second-order valence-electron chi connectivity index (χ2n) is 5.41. The van der Waals surface area contributed by atoms with Crippen LogP contribution in [0.15, 0.2) is 11.1 Å². The van der Waals surface area contributed by atoms with Gasteiger partial charge in [-0.25, -0.2) is 8.42 Å². The maximum absolute atomic E-state index is 12.8. The van der Waals surface area contributed by atoms with Gasteiger partial charge in [-0.1, -0.05) is 0 Å². The predicted molar refractivity (Wildman–Crippen MR) is 75.7 cm³/mol. The van der Waals surface area contributed by atoms with E-state index < -0.39 is 10.0 Å². The number of nitrogens with two attached hydrogens (primary N) is 1. The smallest absolute Gasteiger partial charge is 0.248 e. The van der Waals surface area contributed by atoms with E-state index in [9.17, 15) is 13.2 Å². The number of carbonyl (C=O) groups excluding carboxylic acids is 1. The van der Waals surface area contributed by atoms with Crippen molar-refractivity contribution in [2.75, 3.05) is 18.8 Å². The van der Waals surface area contributed by atoms with Crippen molar-refractivity contribution in [3.05, 3.63) is 6.20 Å². The Balaban J connectivity index is 1.97. The lowest BCUT2D eigenvalue weighted by Crippen LogP contribution is -2.48. The molecule has 116 valence electrons.